The van der Waals surface area contributed by atoms with Crippen LogP contribution in [0.5, 0.6) is 11.5 Å². The summed E-state index contributed by atoms with van der Waals surface area (Å²) >= 11 is 0. The number of hydrogen-bond acceptors (Lipinski definition) is 4. The second-order valence-electron chi connectivity index (χ2n) is 5.76. The largest absolute Gasteiger partial charge is 0.497 e. The maximum absolute atomic E-state index is 12.3. The Bertz CT molecular complexity index is 800. The Hall–Kier alpha value is -3.28. The van der Waals surface area contributed by atoms with Crippen molar-refractivity contribution >= 4 is 23.6 Å². The summed E-state index contributed by atoms with van der Waals surface area (Å²) in [5, 5.41) is 5.41. The summed E-state index contributed by atoms with van der Waals surface area (Å²) in [4.78, 5) is 24.4. The fourth-order valence-electron chi connectivity index (χ4n) is 2.31. The molecule has 2 N–H and O–H groups in total. The van der Waals surface area contributed by atoms with Gasteiger partial charge in [-0.15, -0.1) is 0 Å². The third-order valence-corrected chi connectivity index (χ3v) is 3.74. The second kappa shape index (κ2) is 10.0. The molecular weight excluding hydrogens is 344 g/mol. The molecule has 0 saturated heterocycles. The minimum absolute atomic E-state index is 0.326. The van der Waals surface area contributed by atoms with Crippen molar-refractivity contribution < 1.29 is 19.1 Å². The van der Waals surface area contributed by atoms with Gasteiger partial charge in [-0.05, 0) is 49.8 Å². The summed E-state index contributed by atoms with van der Waals surface area (Å²) in [7, 11) is 1.59. The maximum Gasteiger partial charge on any atom is 0.246 e. The molecule has 0 spiro atoms. The van der Waals surface area contributed by atoms with Crippen molar-refractivity contribution in [2.24, 2.45) is 0 Å². The van der Waals surface area contributed by atoms with Gasteiger partial charge < -0.3 is 20.1 Å². The number of rotatable bonds is 8. The number of carbonyl (C=O) groups excluding carboxylic acids is 2. The van der Waals surface area contributed by atoms with Crippen molar-refractivity contribution in [2.75, 3.05) is 19.0 Å². The SMILES string of the molecule is CCOc1ccccc1NC(=O)C(C)NC(=O)/C=C/c1ccc(OC)cc1. The minimum Gasteiger partial charge on any atom is -0.497 e. The van der Waals surface area contributed by atoms with Crippen LogP contribution in [0.3, 0.4) is 0 Å². The molecule has 2 rings (SSSR count). The standard InChI is InChI=1S/C21H24N2O4/c1-4-27-19-8-6-5-7-18(19)23-21(25)15(2)22-20(24)14-11-16-9-12-17(26-3)13-10-16/h5-15H,4H2,1-3H3,(H,22,24)(H,23,25)/b14-11+. The van der Waals surface area contributed by atoms with Gasteiger partial charge in [-0.3, -0.25) is 9.59 Å². The second-order valence-corrected chi connectivity index (χ2v) is 5.76. The van der Waals surface area contributed by atoms with E-state index in [0.717, 1.165) is 11.3 Å². The van der Waals surface area contributed by atoms with Gasteiger partial charge in [-0.25, -0.2) is 0 Å². The quantitative estimate of drug-likeness (QED) is 0.701. The molecule has 142 valence electrons. The van der Waals surface area contributed by atoms with Gasteiger partial charge in [0.05, 0.1) is 19.4 Å². The Kier molecular flexibility index (Phi) is 7.43. The van der Waals surface area contributed by atoms with Gasteiger partial charge in [0.25, 0.3) is 0 Å². The van der Waals surface area contributed by atoms with E-state index < -0.39 is 6.04 Å². The summed E-state index contributed by atoms with van der Waals surface area (Å²) in [6.45, 7) is 3.99. The number of amides is 2. The summed E-state index contributed by atoms with van der Waals surface area (Å²) in [6, 6.07) is 13.8. The molecule has 2 aromatic rings. The van der Waals surface area contributed by atoms with Crippen LogP contribution in [0.2, 0.25) is 0 Å². The van der Waals surface area contributed by atoms with Gasteiger partial charge in [-0.2, -0.15) is 0 Å². The Labute approximate surface area is 159 Å². The number of hydrogen-bond donors (Lipinski definition) is 2. The van der Waals surface area contributed by atoms with E-state index in [2.05, 4.69) is 10.6 Å². The lowest BCUT2D eigenvalue weighted by molar-refractivity contribution is -0.123. The lowest BCUT2D eigenvalue weighted by Gasteiger charge is -2.15. The number of ether oxygens (including phenoxy) is 2. The molecule has 0 heterocycles. The molecule has 0 aliphatic rings. The van der Waals surface area contributed by atoms with Crippen LogP contribution in [0.1, 0.15) is 19.4 Å². The maximum atomic E-state index is 12.3. The first-order chi connectivity index (χ1) is 13.0. The molecule has 0 aliphatic carbocycles. The smallest absolute Gasteiger partial charge is 0.246 e. The average molecular weight is 368 g/mol. The third kappa shape index (κ3) is 6.18. The van der Waals surface area contributed by atoms with E-state index in [4.69, 9.17) is 9.47 Å². The Morgan fingerprint density at radius 1 is 1.11 bits per heavy atom. The van der Waals surface area contributed by atoms with E-state index in [0.29, 0.717) is 18.0 Å². The zero-order valence-electron chi connectivity index (χ0n) is 15.7. The van der Waals surface area contributed by atoms with E-state index in [1.807, 2.05) is 37.3 Å². The van der Waals surface area contributed by atoms with Crippen LogP contribution in [-0.2, 0) is 9.59 Å². The van der Waals surface area contributed by atoms with Gasteiger partial charge in [0.2, 0.25) is 11.8 Å². The first-order valence-corrected chi connectivity index (χ1v) is 8.68. The molecule has 1 atom stereocenters. The van der Waals surface area contributed by atoms with Gasteiger partial charge in [-0.1, -0.05) is 24.3 Å². The number of benzene rings is 2. The molecule has 6 nitrogen and oxygen atoms in total. The molecule has 0 aromatic heterocycles. The average Bonchev–Trinajstić information content (AvgIpc) is 2.68. The van der Waals surface area contributed by atoms with Crippen molar-refractivity contribution in [1.82, 2.24) is 5.32 Å². The highest BCUT2D eigenvalue weighted by molar-refractivity contribution is 6.00. The molecule has 0 saturated carbocycles. The lowest BCUT2D eigenvalue weighted by atomic mass is 10.2. The molecule has 27 heavy (non-hydrogen) atoms. The van der Waals surface area contributed by atoms with Crippen molar-refractivity contribution in [2.45, 2.75) is 19.9 Å². The Morgan fingerprint density at radius 2 is 1.81 bits per heavy atom. The molecule has 6 heteroatoms. The van der Waals surface area contributed by atoms with Gasteiger partial charge in [0.15, 0.2) is 0 Å². The van der Waals surface area contributed by atoms with Crippen LogP contribution in [0.4, 0.5) is 5.69 Å². The topological polar surface area (TPSA) is 76.7 Å². The first-order valence-electron chi connectivity index (χ1n) is 8.68. The van der Waals surface area contributed by atoms with Gasteiger partial charge >= 0.3 is 0 Å². The summed E-state index contributed by atoms with van der Waals surface area (Å²) < 4.78 is 10.6. The molecule has 0 radical (unpaired) electrons. The van der Waals surface area contributed by atoms with Crippen LogP contribution in [0.15, 0.2) is 54.6 Å². The zero-order valence-corrected chi connectivity index (χ0v) is 15.7. The number of methoxy groups -OCH3 is 1. The number of anilines is 1. The fraction of sp³-hybridized carbons (Fsp3) is 0.238. The molecule has 1 unspecified atom stereocenters. The first kappa shape index (κ1) is 20.0. The molecule has 2 aromatic carbocycles. The number of para-hydroxylation sites is 2. The lowest BCUT2D eigenvalue weighted by Crippen LogP contribution is -2.40. The molecule has 2 amide bonds. The highest BCUT2D eigenvalue weighted by atomic mass is 16.5. The molecular formula is C21H24N2O4. The van der Waals surface area contributed by atoms with Crippen molar-refractivity contribution in [3.8, 4) is 11.5 Å². The highest BCUT2D eigenvalue weighted by Crippen LogP contribution is 2.23. The Balaban J connectivity index is 1.91. The summed E-state index contributed by atoms with van der Waals surface area (Å²) in [6.07, 6.45) is 3.06. The van der Waals surface area contributed by atoms with Crippen molar-refractivity contribution in [3.63, 3.8) is 0 Å². The predicted octanol–water partition coefficient (Wildman–Crippen LogP) is 3.25. The zero-order chi connectivity index (χ0) is 19.6. The molecule has 0 bridgehead atoms. The van der Waals surface area contributed by atoms with Crippen LogP contribution in [0, 0.1) is 0 Å². The third-order valence-electron chi connectivity index (χ3n) is 3.74. The van der Waals surface area contributed by atoms with Gasteiger partial charge in [0, 0.05) is 6.08 Å². The summed E-state index contributed by atoms with van der Waals surface area (Å²) in [5.41, 5.74) is 1.42. The Morgan fingerprint density at radius 3 is 2.48 bits per heavy atom. The number of nitrogens with one attached hydrogen (secondary N) is 2. The minimum atomic E-state index is -0.701. The summed E-state index contributed by atoms with van der Waals surface area (Å²) in [5.74, 6) is 0.653. The van der Waals surface area contributed by atoms with Crippen molar-refractivity contribution in [3.05, 3.63) is 60.2 Å². The molecule has 0 fully saturated rings. The molecule has 0 aliphatic heterocycles. The van der Waals surface area contributed by atoms with E-state index >= 15 is 0 Å². The van der Waals surface area contributed by atoms with Gasteiger partial charge in [0.1, 0.15) is 17.5 Å². The van der Waals surface area contributed by atoms with Crippen LogP contribution >= 0.6 is 0 Å². The highest BCUT2D eigenvalue weighted by Gasteiger charge is 2.16. The van der Waals surface area contributed by atoms with Crippen LogP contribution < -0.4 is 20.1 Å². The van der Waals surface area contributed by atoms with E-state index in [1.165, 1.54) is 6.08 Å². The normalized spacial score (nSPS) is 11.7. The van der Waals surface area contributed by atoms with Crippen LogP contribution in [-0.4, -0.2) is 31.6 Å². The van der Waals surface area contributed by atoms with E-state index in [1.54, 1.807) is 38.3 Å². The van der Waals surface area contributed by atoms with E-state index in [9.17, 15) is 9.59 Å². The fourth-order valence-corrected chi connectivity index (χ4v) is 2.31. The van der Waals surface area contributed by atoms with Crippen LogP contribution in [0.25, 0.3) is 6.08 Å². The predicted molar refractivity (Wildman–Crippen MR) is 106 cm³/mol. The monoisotopic (exact) mass is 368 g/mol. The number of carbonyl (C=O) groups is 2. The van der Waals surface area contributed by atoms with E-state index in [-0.39, 0.29) is 11.8 Å². The van der Waals surface area contributed by atoms with Crippen molar-refractivity contribution in [1.29, 1.82) is 0 Å².